The molecule has 0 atom stereocenters. The van der Waals surface area contributed by atoms with Crippen LogP contribution in [0.15, 0.2) is 28.9 Å². The average molecular weight is 281 g/mol. The van der Waals surface area contributed by atoms with Crippen LogP contribution < -0.4 is 5.32 Å². The van der Waals surface area contributed by atoms with Crippen molar-refractivity contribution in [1.82, 2.24) is 4.98 Å². The Labute approximate surface area is 115 Å². The van der Waals surface area contributed by atoms with Gasteiger partial charge >= 0.3 is 5.97 Å². The molecule has 5 nitrogen and oxygen atoms in total. The highest BCUT2D eigenvalue weighted by atomic mass is 35.5. The summed E-state index contributed by atoms with van der Waals surface area (Å²) in [5.41, 5.74) is 1.83. The van der Waals surface area contributed by atoms with E-state index in [2.05, 4.69) is 10.3 Å². The highest BCUT2D eigenvalue weighted by molar-refractivity contribution is 6.33. The normalized spacial score (nSPS) is 10.3. The Morgan fingerprint density at radius 3 is 3.00 bits per heavy atom. The van der Waals surface area contributed by atoms with Gasteiger partial charge in [-0.05, 0) is 31.5 Å². The predicted molar refractivity (Wildman–Crippen MR) is 71.9 cm³/mol. The SMILES string of the molecule is CCOC(=O)c1coc(Nc2ccc(C)cc2Cl)n1. The molecule has 2 rings (SSSR count). The van der Waals surface area contributed by atoms with Crippen LogP contribution in [-0.2, 0) is 4.74 Å². The van der Waals surface area contributed by atoms with Crippen LogP contribution in [0.4, 0.5) is 11.7 Å². The number of aryl methyl sites for hydroxylation is 1. The number of oxazole rings is 1. The number of carbonyl (C=O) groups excluding carboxylic acids is 1. The van der Waals surface area contributed by atoms with Crippen LogP contribution >= 0.6 is 11.6 Å². The molecule has 0 aliphatic heterocycles. The molecule has 19 heavy (non-hydrogen) atoms. The van der Waals surface area contributed by atoms with Crippen LogP contribution in [0, 0.1) is 6.92 Å². The average Bonchev–Trinajstić information content (AvgIpc) is 2.82. The third-order valence-corrected chi connectivity index (χ3v) is 2.67. The molecule has 0 saturated carbocycles. The lowest BCUT2D eigenvalue weighted by Crippen LogP contribution is -2.05. The van der Waals surface area contributed by atoms with Crippen molar-refractivity contribution in [2.24, 2.45) is 0 Å². The van der Waals surface area contributed by atoms with Crippen LogP contribution in [0.2, 0.25) is 5.02 Å². The summed E-state index contributed by atoms with van der Waals surface area (Å²) in [5.74, 6) is -0.519. The molecule has 0 bridgehead atoms. The number of rotatable bonds is 4. The maximum atomic E-state index is 11.4. The number of carbonyl (C=O) groups is 1. The summed E-state index contributed by atoms with van der Waals surface area (Å²) in [4.78, 5) is 15.4. The Hall–Kier alpha value is -2.01. The van der Waals surface area contributed by atoms with Crippen molar-refractivity contribution in [3.8, 4) is 0 Å². The Balaban J connectivity index is 2.13. The topological polar surface area (TPSA) is 64.4 Å². The lowest BCUT2D eigenvalue weighted by molar-refractivity contribution is 0.0519. The molecule has 1 heterocycles. The van der Waals surface area contributed by atoms with Crippen molar-refractivity contribution < 1.29 is 13.9 Å². The number of nitrogens with zero attached hydrogens (tertiary/aromatic N) is 1. The van der Waals surface area contributed by atoms with Gasteiger partial charge in [0.15, 0.2) is 5.69 Å². The molecule has 2 aromatic rings. The number of nitrogens with one attached hydrogen (secondary N) is 1. The maximum absolute atomic E-state index is 11.4. The number of hydrogen-bond donors (Lipinski definition) is 1. The summed E-state index contributed by atoms with van der Waals surface area (Å²) in [7, 11) is 0. The first kappa shape index (κ1) is 13.4. The summed E-state index contributed by atoms with van der Waals surface area (Å²) in [5, 5.41) is 3.45. The van der Waals surface area contributed by atoms with E-state index in [1.165, 1.54) is 6.26 Å². The fraction of sp³-hybridized carbons (Fsp3) is 0.231. The minimum Gasteiger partial charge on any atom is -0.461 e. The fourth-order valence-corrected chi connectivity index (χ4v) is 1.75. The summed E-state index contributed by atoms with van der Waals surface area (Å²) < 4.78 is 9.96. The summed E-state index contributed by atoms with van der Waals surface area (Å²) >= 11 is 6.07. The van der Waals surface area contributed by atoms with Crippen molar-refractivity contribution in [3.63, 3.8) is 0 Å². The molecular weight excluding hydrogens is 268 g/mol. The van der Waals surface area contributed by atoms with Gasteiger partial charge in [0.25, 0.3) is 6.01 Å². The van der Waals surface area contributed by atoms with Crippen LogP contribution in [0.25, 0.3) is 0 Å². The molecule has 100 valence electrons. The Kier molecular flexibility index (Phi) is 4.06. The first-order valence-electron chi connectivity index (χ1n) is 5.76. The number of aromatic nitrogens is 1. The van der Waals surface area contributed by atoms with Crippen LogP contribution in [0.3, 0.4) is 0 Å². The van der Waals surface area contributed by atoms with E-state index in [0.717, 1.165) is 5.56 Å². The monoisotopic (exact) mass is 280 g/mol. The standard InChI is InChI=1S/C13H13ClN2O3/c1-3-18-12(17)11-7-19-13(16-11)15-10-5-4-8(2)6-9(10)14/h4-7H,3H2,1-2H3,(H,15,16). The smallest absolute Gasteiger partial charge is 0.360 e. The molecule has 1 N–H and O–H groups in total. The van der Waals surface area contributed by atoms with E-state index >= 15 is 0 Å². The summed E-state index contributed by atoms with van der Waals surface area (Å²) in [6.07, 6.45) is 1.24. The van der Waals surface area contributed by atoms with Gasteiger partial charge in [-0.2, -0.15) is 4.98 Å². The minimum atomic E-state index is -0.519. The Bertz CT molecular complexity index is 595. The first-order chi connectivity index (χ1) is 9.10. The third-order valence-electron chi connectivity index (χ3n) is 2.35. The van der Waals surface area contributed by atoms with Crippen molar-refractivity contribution in [2.75, 3.05) is 11.9 Å². The van der Waals surface area contributed by atoms with Crippen LogP contribution in [-0.4, -0.2) is 17.6 Å². The van der Waals surface area contributed by atoms with Gasteiger partial charge in [0, 0.05) is 0 Å². The second-order valence-electron chi connectivity index (χ2n) is 3.87. The minimum absolute atomic E-state index is 0.118. The Morgan fingerprint density at radius 1 is 1.53 bits per heavy atom. The zero-order chi connectivity index (χ0) is 13.8. The number of esters is 1. The van der Waals surface area contributed by atoms with Crippen molar-refractivity contribution in [3.05, 3.63) is 40.7 Å². The molecule has 0 fully saturated rings. The number of benzene rings is 1. The molecule has 0 amide bonds. The fourth-order valence-electron chi connectivity index (χ4n) is 1.47. The van der Waals surface area contributed by atoms with Crippen LogP contribution in [0.5, 0.6) is 0 Å². The lowest BCUT2D eigenvalue weighted by Gasteiger charge is -2.04. The predicted octanol–water partition coefficient (Wildman–Crippen LogP) is 3.56. The number of halogens is 1. The van der Waals surface area contributed by atoms with E-state index in [1.54, 1.807) is 6.92 Å². The molecule has 0 aliphatic carbocycles. The molecule has 0 saturated heterocycles. The van der Waals surface area contributed by atoms with Gasteiger partial charge in [0.2, 0.25) is 0 Å². The quantitative estimate of drug-likeness (QED) is 0.868. The van der Waals surface area contributed by atoms with Gasteiger partial charge in [-0.3, -0.25) is 0 Å². The molecule has 1 aromatic carbocycles. The lowest BCUT2D eigenvalue weighted by atomic mass is 10.2. The van der Waals surface area contributed by atoms with Crippen LogP contribution in [0.1, 0.15) is 23.0 Å². The van der Waals surface area contributed by atoms with E-state index in [9.17, 15) is 4.79 Å². The number of ether oxygens (including phenoxy) is 1. The van der Waals surface area contributed by atoms with Gasteiger partial charge in [0.1, 0.15) is 6.26 Å². The van der Waals surface area contributed by atoms with Crippen molar-refractivity contribution in [2.45, 2.75) is 13.8 Å². The molecule has 6 heteroatoms. The van der Waals surface area contributed by atoms with Gasteiger partial charge in [-0.1, -0.05) is 17.7 Å². The van der Waals surface area contributed by atoms with E-state index in [1.807, 2.05) is 25.1 Å². The van der Waals surface area contributed by atoms with E-state index in [4.69, 9.17) is 20.8 Å². The van der Waals surface area contributed by atoms with Gasteiger partial charge in [-0.15, -0.1) is 0 Å². The van der Waals surface area contributed by atoms with E-state index in [0.29, 0.717) is 10.7 Å². The van der Waals surface area contributed by atoms with E-state index in [-0.39, 0.29) is 18.3 Å². The molecular formula is C13H13ClN2O3. The van der Waals surface area contributed by atoms with Gasteiger partial charge in [0.05, 0.1) is 17.3 Å². The molecule has 0 aliphatic rings. The maximum Gasteiger partial charge on any atom is 0.360 e. The second-order valence-corrected chi connectivity index (χ2v) is 4.27. The van der Waals surface area contributed by atoms with Crippen molar-refractivity contribution in [1.29, 1.82) is 0 Å². The zero-order valence-electron chi connectivity index (χ0n) is 10.6. The summed E-state index contributed by atoms with van der Waals surface area (Å²) in [6, 6.07) is 5.72. The Morgan fingerprint density at radius 2 is 2.32 bits per heavy atom. The largest absolute Gasteiger partial charge is 0.461 e. The van der Waals surface area contributed by atoms with Gasteiger partial charge < -0.3 is 14.5 Å². The van der Waals surface area contributed by atoms with Crippen molar-refractivity contribution >= 4 is 29.3 Å². The zero-order valence-corrected chi connectivity index (χ0v) is 11.3. The molecule has 0 unspecified atom stereocenters. The highest BCUT2D eigenvalue weighted by Gasteiger charge is 2.13. The molecule has 0 spiro atoms. The highest BCUT2D eigenvalue weighted by Crippen LogP contribution is 2.26. The van der Waals surface area contributed by atoms with Gasteiger partial charge in [-0.25, -0.2) is 4.79 Å². The second kappa shape index (κ2) is 5.75. The first-order valence-corrected chi connectivity index (χ1v) is 6.13. The molecule has 0 radical (unpaired) electrons. The number of anilines is 2. The van der Waals surface area contributed by atoms with E-state index < -0.39 is 5.97 Å². The third kappa shape index (κ3) is 3.26. The summed E-state index contributed by atoms with van der Waals surface area (Å²) in [6.45, 7) is 3.96. The number of hydrogen-bond acceptors (Lipinski definition) is 5. The molecule has 1 aromatic heterocycles.